The Morgan fingerprint density at radius 1 is 1.07 bits per heavy atom. The number of hydrogen-bond acceptors (Lipinski definition) is 1. The van der Waals surface area contributed by atoms with Crippen LogP contribution in [-0.4, -0.2) is 4.98 Å². The summed E-state index contributed by atoms with van der Waals surface area (Å²) in [7, 11) is 0. The van der Waals surface area contributed by atoms with Crippen LogP contribution in [0.4, 0.5) is 4.39 Å². The van der Waals surface area contributed by atoms with E-state index in [1.165, 1.54) is 12.3 Å². The SMILES string of the molecule is Fc1ccnc(Cl)c1-c1ccccc1. The van der Waals surface area contributed by atoms with Crippen molar-refractivity contribution in [3.63, 3.8) is 0 Å². The molecule has 0 aliphatic carbocycles. The van der Waals surface area contributed by atoms with Crippen molar-refractivity contribution in [3.8, 4) is 11.1 Å². The average molecular weight is 208 g/mol. The summed E-state index contributed by atoms with van der Waals surface area (Å²) in [5.74, 6) is -0.351. The van der Waals surface area contributed by atoms with E-state index in [1.807, 2.05) is 18.2 Å². The highest BCUT2D eigenvalue weighted by Crippen LogP contribution is 2.28. The molecule has 1 nitrogen and oxygen atoms in total. The highest BCUT2D eigenvalue weighted by atomic mass is 35.5. The second-order valence-corrected chi connectivity index (χ2v) is 3.18. The summed E-state index contributed by atoms with van der Waals surface area (Å²) in [4.78, 5) is 3.84. The second-order valence-electron chi connectivity index (χ2n) is 2.82. The summed E-state index contributed by atoms with van der Waals surface area (Å²) in [6, 6.07) is 10.4. The number of pyridine rings is 1. The summed E-state index contributed by atoms with van der Waals surface area (Å²) >= 11 is 5.81. The van der Waals surface area contributed by atoms with Gasteiger partial charge in [-0.3, -0.25) is 0 Å². The largest absolute Gasteiger partial charge is 0.244 e. The van der Waals surface area contributed by atoms with Crippen LogP contribution in [0.1, 0.15) is 0 Å². The van der Waals surface area contributed by atoms with E-state index < -0.39 is 0 Å². The molecule has 0 saturated carbocycles. The fourth-order valence-corrected chi connectivity index (χ4v) is 1.53. The first-order chi connectivity index (χ1) is 6.79. The van der Waals surface area contributed by atoms with Gasteiger partial charge in [0, 0.05) is 6.20 Å². The number of nitrogens with zero attached hydrogens (tertiary/aromatic N) is 1. The lowest BCUT2D eigenvalue weighted by Gasteiger charge is -2.03. The minimum atomic E-state index is -0.351. The van der Waals surface area contributed by atoms with E-state index in [9.17, 15) is 4.39 Å². The van der Waals surface area contributed by atoms with Crippen molar-refractivity contribution < 1.29 is 4.39 Å². The number of halogens is 2. The molecule has 0 atom stereocenters. The van der Waals surface area contributed by atoms with Crippen molar-refractivity contribution in [2.45, 2.75) is 0 Å². The third-order valence-electron chi connectivity index (χ3n) is 1.92. The van der Waals surface area contributed by atoms with Gasteiger partial charge >= 0.3 is 0 Å². The van der Waals surface area contributed by atoms with Crippen molar-refractivity contribution in [1.29, 1.82) is 0 Å². The molecule has 0 aliphatic rings. The Morgan fingerprint density at radius 2 is 1.79 bits per heavy atom. The number of hydrogen-bond donors (Lipinski definition) is 0. The molecule has 0 saturated heterocycles. The molecular weight excluding hydrogens is 201 g/mol. The van der Waals surface area contributed by atoms with Gasteiger partial charge in [0.1, 0.15) is 11.0 Å². The molecule has 1 aromatic heterocycles. The minimum absolute atomic E-state index is 0.191. The Kier molecular flexibility index (Phi) is 2.46. The van der Waals surface area contributed by atoms with Crippen LogP contribution in [0.25, 0.3) is 11.1 Å². The van der Waals surface area contributed by atoms with Crippen LogP contribution in [0.3, 0.4) is 0 Å². The molecule has 2 rings (SSSR count). The van der Waals surface area contributed by atoms with E-state index in [2.05, 4.69) is 4.98 Å². The first-order valence-electron chi connectivity index (χ1n) is 4.14. The quantitative estimate of drug-likeness (QED) is 0.652. The Hall–Kier alpha value is -1.41. The fraction of sp³-hybridized carbons (Fsp3) is 0. The second kappa shape index (κ2) is 3.76. The van der Waals surface area contributed by atoms with Crippen LogP contribution in [-0.2, 0) is 0 Å². The van der Waals surface area contributed by atoms with Crippen molar-refractivity contribution in [3.05, 3.63) is 53.6 Å². The van der Waals surface area contributed by atoms with Crippen molar-refractivity contribution in [2.24, 2.45) is 0 Å². The maximum absolute atomic E-state index is 13.4. The predicted molar refractivity (Wildman–Crippen MR) is 54.6 cm³/mol. The highest BCUT2D eigenvalue weighted by Gasteiger charge is 2.09. The zero-order chi connectivity index (χ0) is 9.97. The van der Waals surface area contributed by atoms with Gasteiger partial charge in [-0.25, -0.2) is 9.37 Å². The average Bonchev–Trinajstić information content (AvgIpc) is 2.19. The van der Waals surface area contributed by atoms with Crippen LogP contribution < -0.4 is 0 Å². The highest BCUT2D eigenvalue weighted by molar-refractivity contribution is 6.32. The van der Waals surface area contributed by atoms with E-state index in [-0.39, 0.29) is 11.0 Å². The van der Waals surface area contributed by atoms with Gasteiger partial charge in [0.15, 0.2) is 0 Å². The maximum atomic E-state index is 13.4. The van der Waals surface area contributed by atoms with E-state index in [4.69, 9.17) is 11.6 Å². The molecule has 0 unspecified atom stereocenters. The van der Waals surface area contributed by atoms with Crippen LogP contribution >= 0.6 is 11.6 Å². The molecule has 0 N–H and O–H groups in total. The van der Waals surface area contributed by atoms with E-state index in [1.54, 1.807) is 12.1 Å². The Labute approximate surface area is 86.2 Å². The molecular formula is C11H7ClFN. The van der Waals surface area contributed by atoms with Crippen molar-refractivity contribution >= 4 is 11.6 Å². The molecule has 1 heterocycles. The minimum Gasteiger partial charge on any atom is -0.244 e. The topological polar surface area (TPSA) is 12.9 Å². The molecule has 14 heavy (non-hydrogen) atoms. The van der Waals surface area contributed by atoms with Crippen LogP contribution in [0.5, 0.6) is 0 Å². The molecule has 70 valence electrons. The first-order valence-corrected chi connectivity index (χ1v) is 4.52. The maximum Gasteiger partial charge on any atom is 0.139 e. The summed E-state index contributed by atoms with van der Waals surface area (Å²) in [5.41, 5.74) is 1.10. The molecule has 0 aliphatic heterocycles. The summed E-state index contributed by atoms with van der Waals surface area (Å²) in [5, 5.41) is 0.191. The van der Waals surface area contributed by atoms with Gasteiger partial charge in [0.25, 0.3) is 0 Å². The molecule has 2 aromatic rings. The van der Waals surface area contributed by atoms with Crippen LogP contribution in [0.2, 0.25) is 5.15 Å². The van der Waals surface area contributed by atoms with Gasteiger partial charge in [-0.15, -0.1) is 0 Å². The standard InChI is InChI=1S/C11H7ClFN/c12-11-10(9(13)6-7-14-11)8-4-2-1-3-5-8/h1-7H. The Balaban J connectivity index is 2.63. The lowest BCUT2D eigenvalue weighted by Crippen LogP contribution is -1.87. The van der Waals surface area contributed by atoms with Crippen molar-refractivity contribution in [2.75, 3.05) is 0 Å². The van der Waals surface area contributed by atoms with Gasteiger partial charge in [0.2, 0.25) is 0 Å². The van der Waals surface area contributed by atoms with Gasteiger partial charge in [0.05, 0.1) is 5.56 Å². The molecule has 1 aromatic carbocycles. The monoisotopic (exact) mass is 207 g/mol. The van der Waals surface area contributed by atoms with E-state index in [0.717, 1.165) is 5.56 Å². The number of rotatable bonds is 1. The molecule has 0 fully saturated rings. The van der Waals surface area contributed by atoms with Crippen LogP contribution in [0, 0.1) is 5.82 Å². The van der Waals surface area contributed by atoms with Gasteiger partial charge in [-0.2, -0.15) is 0 Å². The summed E-state index contributed by atoms with van der Waals surface area (Å²) in [6.07, 6.45) is 1.35. The summed E-state index contributed by atoms with van der Waals surface area (Å²) in [6.45, 7) is 0. The van der Waals surface area contributed by atoms with Gasteiger partial charge in [-0.05, 0) is 11.6 Å². The smallest absolute Gasteiger partial charge is 0.139 e. The zero-order valence-corrected chi connectivity index (χ0v) is 8.00. The predicted octanol–water partition coefficient (Wildman–Crippen LogP) is 3.54. The van der Waals surface area contributed by atoms with Gasteiger partial charge in [-0.1, -0.05) is 41.9 Å². The third kappa shape index (κ3) is 1.61. The van der Waals surface area contributed by atoms with Crippen LogP contribution in [0.15, 0.2) is 42.6 Å². The first kappa shape index (κ1) is 9.16. The third-order valence-corrected chi connectivity index (χ3v) is 2.20. The lowest BCUT2D eigenvalue weighted by atomic mass is 10.1. The summed E-state index contributed by atoms with van der Waals surface area (Å²) < 4.78 is 13.4. The van der Waals surface area contributed by atoms with Crippen molar-refractivity contribution in [1.82, 2.24) is 4.98 Å². The van der Waals surface area contributed by atoms with Gasteiger partial charge < -0.3 is 0 Å². The number of benzene rings is 1. The fourth-order valence-electron chi connectivity index (χ4n) is 1.28. The lowest BCUT2D eigenvalue weighted by molar-refractivity contribution is 0.629. The molecule has 0 spiro atoms. The number of aromatic nitrogens is 1. The van der Waals surface area contributed by atoms with E-state index in [0.29, 0.717) is 5.56 Å². The Bertz CT molecular complexity index is 422. The molecule has 0 radical (unpaired) electrons. The Morgan fingerprint density at radius 3 is 2.43 bits per heavy atom. The molecule has 0 amide bonds. The normalized spacial score (nSPS) is 10.1. The molecule has 3 heteroatoms. The van der Waals surface area contributed by atoms with E-state index >= 15 is 0 Å². The zero-order valence-electron chi connectivity index (χ0n) is 7.24. The molecule has 0 bridgehead atoms.